The molecule has 0 radical (unpaired) electrons. The minimum atomic E-state index is -0.0499. The lowest BCUT2D eigenvalue weighted by Gasteiger charge is -2.18. The van der Waals surface area contributed by atoms with Crippen molar-refractivity contribution in [3.8, 4) is 6.07 Å². The number of nitriles is 1. The topological polar surface area (TPSA) is 68.5 Å². The number of anilines is 1. The van der Waals surface area contributed by atoms with Crippen molar-refractivity contribution in [1.29, 1.82) is 5.26 Å². The predicted octanol–water partition coefficient (Wildman–Crippen LogP) is 4.43. The molecule has 0 spiro atoms. The zero-order valence-corrected chi connectivity index (χ0v) is 15.4. The fourth-order valence-corrected chi connectivity index (χ4v) is 2.48. The Morgan fingerprint density at radius 3 is 2.79 bits per heavy atom. The van der Waals surface area contributed by atoms with Crippen molar-refractivity contribution < 1.29 is 4.79 Å². The van der Waals surface area contributed by atoms with Crippen LogP contribution in [-0.2, 0) is 4.79 Å². The van der Waals surface area contributed by atoms with Crippen LogP contribution in [0.15, 0.2) is 23.3 Å². The van der Waals surface area contributed by atoms with Crippen LogP contribution in [0.25, 0.3) is 0 Å². The molecule has 130 valence electrons. The third-order valence-electron chi connectivity index (χ3n) is 3.63. The standard InChI is InChI=1S/C18H25ClN4O/c1-4-5-6-8-18(24)23(12-7-11-20)22-14(2)16-13-15(19)9-10-17(16)21-3/h9-10,13,21H,4-8,12H2,1-3H3/b22-14-. The molecule has 1 amide bonds. The SMILES string of the molecule is CCCCCC(=O)N(CCC#N)/N=C(/C)c1cc(Cl)ccc1NC. The summed E-state index contributed by atoms with van der Waals surface area (Å²) >= 11 is 6.08. The van der Waals surface area contributed by atoms with Gasteiger partial charge >= 0.3 is 0 Å². The monoisotopic (exact) mass is 348 g/mol. The van der Waals surface area contributed by atoms with Crippen molar-refractivity contribution in [2.24, 2.45) is 5.10 Å². The molecule has 0 saturated heterocycles. The second-order valence-corrected chi connectivity index (χ2v) is 5.94. The van der Waals surface area contributed by atoms with Gasteiger partial charge < -0.3 is 5.32 Å². The Hall–Kier alpha value is -2.06. The van der Waals surface area contributed by atoms with Gasteiger partial charge in [-0.3, -0.25) is 4.79 Å². The molecule has 24 heavy (non-hydrogen) atoms. The number of hydrogen-bond acceptors (Lipinski definition) is 4. The first kappa shape index (κ1) is 20.0. The molecule has 0 saturated carbocycles. The van der Waals surface area contributed by atoms with E-state index in [1.54, 1.807) is 6.07 Å². The lowest BCUT2D eigenvalue weighted by Crippen LogP contribution is -2.28. The number of unbranched alkanes of at least 4 members (excludes halogenated alkanes) is 2. The molecule has 0 unspecified atom stereocenters. The number of hydrazone groups is 1. The third kappa shape index (κ3) is 6.21. The van der Waals surface area contributed by atoms with Crippen molar-refractivity contribution in [1.82, 2.24) is 5.01 Å². The lowest BCUT2D eigenvalue weighted by atomic mass is 10.1. The Morgan fingerprint density at radius 2 is 2.17 bits per heavy atom. The molecule has 0 aliphatic carbocycles. The smallest absolute Gasteiger partial charge is 0.242 e. The molecular weight excluding hydrogens is 324 g/mol. The van der Waals surface area contributed by atoms with E-state index in [0.717, 1.165) is 30.5 Å². The molecule has 0 aliphatic rings. The van der Waals surface area contributed by atoms with Crippen molar-refractivity contribution in [2.45, 2.75) is 46.0 Å². The number of carbonyl (C=O) groups is 1. The molecule has 1 aromatic rings. The lowest BCUT2D eigenvalue weighted by molar-refractivity contribution is -0.131. The molecule has 0 aromatic heterocycles. The average Bonchev–Trinajstić information content (AvgIpc) is 2.58. The van der Waals surface area contributed by atoms with Gasteiger partial charge in [0.05, 0.1) is 24.7 Å². The largest absolute Gasteiger partial charge is 0.388 e. The molecule has 1 N–H and O–H groups in total. The fraction of sp³-hybridized carbons (Fsp3) is 0.500. The maximum Gasteiger partial charge on any atom is 0.242 e. The summed E-state index contributed by atoms with van der Waals surface area (Å²) in [4.78, 5) is 12.4. The molecule has 0 aliphatic heterocycles. The highest BCUT2D eigenvalue weighted by molar-refractivity contribution is 6.31. The highest BCUT2D eigenvalue weighted by Crippen LogP contribution is 2.21. The predicted molar refractivity (Wildman–Crippen MR) is 99.3 cm³/mol. The van der Waals surface area contributed by atoms with Gasteiger partial charge in [0.2, 0.25) is 5.91 Å². The van der Waals surface area contributed by atoms with Crippen LogP contribution in [0.5, 0.6) is 0 Å². The number of halogens is 1. The Labute approximate surface area is 149 Å². The number of nitrogens with zero attached hydrogens (tertiary/aromatic N) is 3. The summed E-state index contributed by atoms with van der Waals surface area (Å²) < 4.78 is 0. The average molecular weight is 349 g/mol. The van der Waals surface area contributed by atoms with E-state index in [-0.39, 0.29) is 12.3 Å². The van der Waals surface area contributed by atoms with Gasteiger partial charge in [-0.15, -0.1) is 0 Å². The Morgan fingerprint density at radius 1 is 1.42 bits per heavy atom. The van der Waals surface area contributed by atoms with Crippen LogP contribution < -0.4 is 5.32 Å². The van der Waals surface area contributed by atoms with Gasteiger partial charge in [-0.1, -0.05) is 31.4 Å². The van der Waals surface area contributed by atoms with Crippen LogP contribution in [0.1, 0.15) is 51.5 Å². The third-order valence-corrected chi connectivity index (χ3v) is 3.86. The van der Waals surface area contributed by atoms with Crippen molar-refractivity contribution in [3.05, 3.63) is 28.8 Å². The molecule has 1 rings (SSSR count). The van der Waals surface area contributed by atoms with Crippen LogP contribution >= 0.6 is 11.6 Å². The normalized spacial score (nSPS) is 11.0. The summed E-state index contributed by atoms with van der Waals surface area (Å²) in [6.45, 7) is 4.23. The molecule has 0 atom stereocenters. The van der Waals surface area contributed by atoms with Crippen molar-refractivity contribution in [2.75, 3.05) is 18.9 Å². The summed E-state index contributed by atoms with van der Waals surface area (Å²) in [7, 11) is 1.82. The molecular formula is C18H25ClN4O. The van der Waals surface area contributed by atoms with Gasteiger partial charge in [0.15, 0.2) is 0 Å². The zero-order chi connectivity index (χ0) is 17.9. The highest BCUT2D eigenvalue weighted by atomic mass is 35.5. The number of carbonyl (C=O) groups excluding carboxylic acids is 1. The van der Waals surface area contributed by atoms with E-state index in [2.05, 4.69) is 23.4 Å². The van der Waals surface area contributed by atoms with Gasteiger partial charge in [0.1, 0.15) is 0 Å². The number of rotatable bonds is 9. The number of benzene rings is 1. The summed E-state index contributed by atoms with van der Waals surface area (Å²) in [5, 5.41) is 18.4. The van der Waals surface area contributed by atoms with Crippen LogP contribution in [0, 0.1) is 11.3 Å². The molecule has 1 aromatic carbocycles. The Bertz CT molecular complexity index is 622. The summed E-state index contributed by atoms with van der Waals surface area (Å²) in [5.41, 5.74) is 2.41. The molecule has 0 bridgehead atoms. The minimum Gasteiger partial charge on any atom is -0.388 e. The summed E-state index contributed by atoms with van der Waals surface area (Å²) in [6.07, 6.45) is 3.61. The number of hydrogen-bond donors (Lipinski definition) is 1. The zero-order valence-electron chi connectivity index (χ0n) is 14.6. The van der Waals surface area contributed by atoms with E-state index in [1.807, 2.05) is 26.1 Å². The molecule has 0 heterocycles. The van der Waals surface area contributed by atoms with Gasteiger partial charge in [-0.25, -0.2) is 5.01 Å². The van der Waals surface area contributed by atoms with Gasteiger partial charge in [-0.05, 0) is 31.5 Å². The second kappa shape index (κ2) is 10.7. The minimum absolute atomic E-state index is 0.0499. The number of amides is 1. The first-order valence-electron chi connectivity index (χ1n) is 8.23. The van der Waals surface area contributed by atoms with Gasteiger partial charge in [0, 0.05) is 29.7 Å². The maximum atomic E-state index is 12.4. The first-order valence-corrected chi connectivity index (χ1v) is 8.61. The maximum absolute atomic E-state index is 12.4. The van der Waals surface area contributed by atoms with Crippen LogP contribution in [0.4, 0.5) is 5.69 Å². The van der Waals surface area contributed by atoms with Crippen LogP contribution in [0.2, 0.25) is 5.02 Å². The number of nitrogens with one attached hydrogen (secondary N) is 1. The van der Waals surface area contributed by atoms with E-state index < -0.39 is 0 Å². The highest BCUT2D eigenvalue weighted by Gasteiger charge is 2.14. The molecule has 0 fully saturated rings. The van der Waals surface area contributed by atoms with E-state index >= 15 is 0 Å². The second-order valence-electron chi connectivity index (χ2n) is 5.51. The van der Waals surface area contributed by atoms with E-state index in [0.29, 0.717) is 23.7 Å². The molecule has 5 nitrogen and oxygen atoms in total. The molecule has 6 heteroatoms. The first-order chi connectivity index (χ1) is 11.5. The quantitative estimate of drug-likeness (QED) is 0.408. The van der Waals surface area contributed by atoms with Crippen LogP contribution in [0.3, 0.4) is 0 Å². The summed E-state index contributed by atoms with van der Waals surface area (Å²) in [5.74, 6) is -0.0499. The van der Waals surface area contributed by atoms with E-state index in [4.69, 9.17) is 16.9 Å². The van der Waals surface area contributed by atoms with Crippen molar-refractivity contribution >= 4 is 28.9 Å². The van der Waals surface area contributed by atoms with E-state index in [9.17, 15) is 4.79 Å². The van der Waals surface area contributed by atoms with Crippen LogP contribution in [-0.4, -0.2) is 30.2 Å². The van der Waals surface area contributed by atoms with Crippen molar-refractivity contribution in [3.63, 3.8) is 0 Å². The Kier molecular flexibility index (Phi) is 8.88. The Balaban J connectivity index is 3.01. The van der Waals surface area contributed by atoms with Gasteiger partial charge in [0.25, 0.3) is 0 Å². The fourth-order valence-electron chi connectivity index (χ4n) is 2.31. The van der Waals surface area contributed by atoms with E-state index in [1.165, 1.54) is 5.01 Å². The summed E-state index contributed by atoms with van der Waals surface area (Å²) in [6, 6.07) is 7.56. The van der Waals surface area contributed by atoms with Gasteiger partial charge in [-0.2, -0.15) is 10.4 Å².